The lowest BCUT2D eigenvalue weighted by atomic mass is 10.1. The van der Waals surface area contributed by atoms with Gasteiger partial charge in [-0.3, -0.25) is 4.79 Å². The fraction of sp³-hybridized carbons (Fsp3) is 0.333. The Bertz CT molecular complexity index is 783. The fourth-order valence-corrected chi connectivity index (χ4v) is 2.53. The summed E-state index contributed by atoms with van der Waals surface area (Å²) in [6.07, 6.45) is -0.963. The van der Waals surface area contributed by atoms with Crippen molar-refractivity contribution in [2.24, 2.45) is 0 Å². The average Bonchev–Trinajstić information content (AvgIpc) is 2.61. The molecule has 0 fully saturated rings. The van der Waals surface area contributed by atoms with Gasteiger partial charge >= 0.3 is 5.97 Å². The van der Waals surface area contributed by atoms with E-state index in [1.165, 1.54) is 6.92 Å². The standard InChI is InChI=1S/C21H25NO5/c1-5-25-19-9-7-6-8-18(19)22-21(24)16(4)27-20(23)13-26-17-11-14(2)10-15(3)12-17/h6-12,16H,5,13H2,1-4H3,(H,22,24)/t16-/m0/s1. The average molecular weight is 371 g/mol. The molecule has 1 N–H and O–H groups in total. The van der Waals surface area contributed by atoms with Crippen LogP contribution < -0.4 is 14.8 Å². The minimum Gasteiger partial charge on any atom is -0.492 e. The quantitative estimate of drug-likeness (QED) is 0.717. The van der Waals surface area contributed by atoms with Gasteiger partial charge in [0.1, 0.15) is 11.5 Å². The second-order valence-corrected chi connectivity index (χ2v) is 6.16. The maximum atomic E-state index is 12.3. The molecule has 1 amide bonds. The molecule has 0 bridgehead atoms. The second kappa shape index (κ2) is 9.62. The number of carbonyl (C=O) groups is 2. The zero-order valence-electron chi connectivity index (χ0n) is 16.1. The third-order valence-electron chi connectivity index (χ3n) is 3.67. The number of anilines is 1. The predicted molar refractivity (Wildman–Crippen MR) is 103 cm³/mol. The number of benzene rings is 2. The van der Waals surface area contributed by atoms with Gasteiger partial charge in [0.15, 0.2) is 12.7 Å². The molecule has 2 aromatic carbocycles. The Morgan fingerprint density at radius 1 is 1.04 bits per heavy atom. The zero-order valence-corrected chi connectivity index (χ0v) is 16.1. The van der Waals surface area contributed by atoms with Gasteiger partial charge in [-0.05, 0) is 63.1 Å². The molecule has 2 rings (SSSR count). The van der Waals surface area contributed by atoms with Crippen molar-refractivity contribution < 1.29 is 23.8 Å². The van der Waals surface area contributed by atoms with E-state index < -0.39 is 18.0 Å². The van der Waals surface area contributed by atoms with Gasteiger partial charge in [-0.25, -0.2) is 4.79 Å². The van der Waals surface area contributed by atoms with Gasteiger partial charge in [0.2, 0.25) is 0 Å². The molecule has 6 heteroatoms. The lowest BCUT2D eigenvalue weighted by Crippen LogP contribution is -2.31. The zero-order chi connectivity index (χ0) is 19.8. The van der Waals surface area contributed by atoms with Crippen molar-refractivity contribution in [3.63, 3.8) is 0 Å². The molecular formula is C21H25NO5. The highest BCUT2D eigenvalue weighted by Gasteiger charge is 2.19. The van der Waals surface area contributed by atoms with Gasteiger partial charge in [0.05, 0.1) is 12.3 Å². The number of rotatable bonds is 8. The molecule has 144 valence electrons. The van der Waals surface area contributed by atoms with E-state index in [1.807, 2.05) is 45.0 Å². The highest BCUT2D eigenvalue weighted by molar-refractivity contribution is 5.96. The van der Waals surface area contributed by atoms with Gasteiger partial charge in [-0.1, -0.05) is 18.2 Å². The lowest BCUT2D eigenvalue weighted by Gasteiger charge is -2.16. The maximum Gasteiger partial charge on any atom is 0.344 e. The molecule has 0 saturated heterocycles. The highest BCUT2D eigenvalue weighted by Crippen LogP contribution is 2.24. The smallest absolute Gasteiger partial charge is 0.344 e. The van der Waals surface area contributed by atoms with Crippen LogP contribution in [0, 0.1) is 13.8 Å². The molecule has 0 aliphatic heterocycles. The summed E-state index contributed by atoms with van der Waals surface area (Å²) in [5.74, 6) is 0.0917. The van der Waals surface area contributed by atoms with Crippen LogP contribution in [-0.2, 0) is 14.3 Å². The monoisotopic (exact) mass is 371 g/mol. The Kier molecular flexibility index (Phi) is 7.23. The minimum absolute atomic E-state index is 0.268. The molecule has 0 saturated carbocycles. The molecule has 0 aliphatic rings. The maximum absolute atomic E-state index is 12.3. The van der Waals surface area contributed by atoms with Crippen LogP contribution in [-0.4, -0.2) is 31.2 Å². The Hall–Kier alpha value is -3.02. The normalized spacial score (nSPS) is 11.4. The van der Waals surface area contributed by atoms with Crippen molar-refractivity contribution >= 4 is 17.6 Å². The third-order valence-corrected chi connectivity index (χ3v) is 3.67. The van der Waals surface area contributed by atoms with E-state index in [1.54, 1.807) is 18.2 Å². The lowest BCUT2D eigenvalue weighted by molar-refractivity contribution is -0.155. The fourth-order valence-electron chi connectivity index (χ4n) is 2.53. The third kappa shape index (κ3) is 6.33. The van der Waals surface area contributed by atoms with Crippen LogP contribution in [0.3, 0.4) is 0 Å². The van der Waals surface area contributed by atoms with Gasteiger partial charge in [0.25, 0.3) is 5.91 Å². The van der Waals surface area contributed by atoms with Crippen LogP contribution in [0.25, 0.3) is 0 Å². The van der Waals surface area contributed by atoms with Crippen LogP contribution in [0.5, 0.6) is 11.5 Å². The van der Waals surface area contributed by atoms with E-state index in [0.29, 0.717) is 23.8 Å². The van der Waals surface area contributed by atoms with Gasteiger partial charge in [-0.15, -0.1) is 0 Å². The number of amides is 1. The van der Waals surface area contributed by atoms with Crippen molar-refractivity contribution in [2.45, 2.75) is 33.8 Å². The first-order valence-corrected chi connectivity index (χ1v) is 8.82. The minimum atomic E-state index is -0.963. The van der Waals surface area contributed by atoms with Crippen molar-refractivity contribution in [3.05, 3.63) is 53.6 Å². The summed E-state index contributed by atoms with van der Waals surface area (Å²) in [4.78, 5) is 24.3. The number of esters is 1. The molecule has 0 spiro atoms. The number of aryl methyl sites for hydroxylation is 2. The van der Waals surface area contributed by atoms with Gasteiger partial charge in [-0.2, -0.15) is 0 Å². The molecule has 0 aromatic heterocycles. The summed E-state index contributed by atoms with van der Waals surface area (Å²) in [6.45, 7) is 7.48. The topological polar surface area (TPSA) is 73.9 Å². The van der Waals surface area contributed by atoms with E-state index in [2.05, 4.69) is 5.32 Å². The SMILES string of the molecule is CCOc1ccccc1NC(=O)[C@H](C)OC(=O)COc1cc(C)cc(C)c1. The van der Waals surface area contributed by atoms with Crippen molar-refractivity contribution in [2.75, 3.05) is 18.5 Å². The van der Waals surface area contributed by atoms with Crippen LogP contribution in [0.4, 0.5) is 5.69 Å². The Labute approximate surface area is 159 Å². The molecule has 0 heterocycles. The van der Waals surface area contributed by atoms with Crippen LogP contribution in [0.15, 0.2) is 42.5 Å². The largest absolute Gasteiger partial charge is 0.492 e. The Morgan fingerprint density at radius 3 is 2.37 bits per heavy atom. The van der Waals surface area contributed by atoms with E-state index in [-0.39, 0.29) is 6.61 Å². The number of para-hydroxylation sites is 2. The van der Waals surface area contributed by atoms with Crippen molar-refractivity contribution in [3.8, 4) is 11.5 Å². The molecule has 0 radical (unpaired) electrons. The summed E-state index contributed by atoms with van der Waals surface area (Å²) in [5, 5.41) is 2.71. The summed E-state index contributed by atoms with van der Waals surface area (Å²) in [7, 11) is 0. The molecular weight excluding hydrogens is 346 g/mol. The molecule has 1 atom stereocenters. The van der Waals surface area contributed by atoms with E-state index >= 15 is 0 Å². The van der Waals surface area contributed by atoms with E-state index in [0.717, 1.165) is 11.1 Å². The van der Waals surface area contributed by atoms with Crippen molar-refractivity contribution in [1.82, 2.24) is 0 Å². The number of carbonyl (C=O) groups excluding carboxylic acids is 2. The summed E-state index contributed by atoms with van der Waals surface area (Å²) < 4.78 is 16.1. The number of hydrogen-bond acceptors (Lipinski definition) is 5. The van der Waals surface area contributed by atoms with E-state index in [4.69, 9.17) is 14.2 Å². The molecule has 0 aliphatic carbocycles. The molecule has 0 unspecified atom stereocenters. The highest BCUT2D eigenvalue weighted by atomic mass is 16.6. The molecule has 27 heavy (non-hydrogen) atoms. The van der Waals surface area contributed by atoms with Gasteiger partial charge < -0.3 is 19.5 Å². The van der Waals surface area contributed by atoms with Gasteiger partial charge in [0, 0.05) is 0 Å². The molecule has 6 nitrogen and oxygen atoms in total. The first-order chi connectivity index (χ1) is 12.9. The summed E-state index contributed by atoms with van der Waals surface area (Å²) in [5.41, 5.74) is 2.61. The number of ether oxygens (including phenoxy) is 3. The summed E-state index contributed by atoms with van der Waals surface area (Å²) in [6, 6.07) is 12.8. The number of hydrogen-bond donors (Lipinski definition) is 1. The second-order valence-electron chi connectivity index (χ2n) is 6.16. The number of nitrogens with one attached hydrogen (secondary N) is 1. The predicted octanol–water partition coefficient (Wildman–Crippen LogP) is 3.65. The summed E-state index contributed by atoms with van der Waals surface area (Å²) >= 11 is 0. The van der Waals surface area contributed by atoms with Crippen LogP contribution >= 0.6 is 0 Å². The molecule has 2 aromatic rings. The van der Waals surface area contributed by atoms with Crippen LogP contribution in [0.2, 0.25) is 0 Å². The Balaban J connectivity index is 1.87. The van der Waals surface area contributed by atoms with Crippen LogP contribution in [0.1, 0.15) is 25.0 Å². The first-order valence-electron chi connectivity index (χ1n) is 8.82. The first kappa shape index (κ1) is 20.3. The Morgan fingerprint density at radius 2 is 1.70 bits per heavy atom. The van der Waals surface area contributed by atoms with E-state index in [9.17, 15) is 9.59 Å². The van der Waals surface area contributed by atoms with Crippen molar-refractivity contribution in [1.29, 1.82) is 0 Å².